The van der Waals surface area contributed by atoms with Crippen molar-refractivity contribution in [3.63, 3.8) is 0 Å². The molecule has 0 saturated carbocycles. The van der Waals surface area contributed by atoms with Gasteiger partial charge < -0.3 is 5.73 Å². The predicted molar refractivity (Wildman–Crippen MR) is 92.0 cm³/mol. The van der Waals surface area contributed by atoms with Gasteiger partial charge in [0.2, 0.25) is 11.6 Å². The standard InChI is InChI=1S/C16H19NO2S2/c1-8(2)20-15-13(18)11-6-5-10(17)7-12(11)14(19)16(15)21-9(3)4/h5-9H,17H2,1-4H3. The van der Waals surface area contributed by atoms with Gasteiger partial charge in [0.15, 0.2) is 0 Å². The average Bonchev–Trinajstić information content (AvgIpc) is 2.39. The van der Waals surface area contributed by atoms with Crippen LogP contribution in [0.2, 0.25) is 0 Å². The lowest BCUT2D eigenvalue weighted by Crippen LogP contribution is -2.21. The lowest BCUT2D eigenvalue weighted by Gasteiger charge is -2.22. The van der Waals surface area contributed by atoms with Crippen LogP contribution in [0.15, 0.2) is 28.0 Å². The van der Waals surface area contributed by atoms with Gasteiger partial charge in [0, 0.05) is 27.3 Å². The number of fused-ring (bicyclic) bond motifs is 1. The summed E-state index contributed by atoms with van der Waals surface area (Å²) in [5.74, 6) is -0.148. The molecule has 0 spiro atoms. The molecule has 0 saturated heterocycles. The molecule has 1 aliphatic carbocycles. The van der Waals surface area contributed by atoms with E-state index < -0.39 is 0 Å². The Hall–Kier alpha value is -1.20. The maximum absolute atomic E-state index is 12.7. The molecule has 0 bridgehead atoms. The third-order valence-corrected chi connectivity index (χ3v) is 5.18. The van der Waals surface area contributed by atoms with Crippen LogP contribution in [0.3, 0.4) is 0 Å². The van der Waals surface area contributed by atoms with Gasteiger partial charge in [-0.1, -0.05) is 27.7 Å². The Morgan fingerprint density at radius 2 is 1.33 bits per heavy atom. The van der Waals surface area contributed by atoms with E-state index in [4.69, 9.17) is 5.73 Å². The summed E-state index contributed by atoms with van der Waals surface area (Å²) in [5, 5.41) is 0.483. The highest BCUT2D eigenvalue weighted by molar-refractivity contribution is 8.08. The van der Waals surface area contributed by atoms with E-state index in [1.807, 2.05) is 27.7 Å². The number of carbonyl (C=O) groups excluding carboxylic acids is 2. The Kier molecular flexibility index (Phi) is 4.84. The van der Waals surface area contributed by atoms with Crippen LogP contribution in [0.4, 0.5) is 5.69 Å². The molecular formula is C16H19NO2S2. The molecule has 0 fully saturated rings. The van der Waals surface area contributed by atoms with Gasteiger partial charge in [0.1, 0.15) is 0 Å². The third kappa shape index (κ3) is 3.35. The molecule has 2 N–H and O–H groups in total. The van der Waals surface area contributed by atoms with Crippen molar-refractivity contribution in [3.8, 4) is 0 Å². The monoisotopic (exact) mass is 321 g/mol. The summed E-state index contributed by atoms with van der Waals surface area (Å²) in [6, 6.07) is 4.93. The zero-order valence-corrected chi connectivity index (χ0v) is 14.2. The van der Waals surface area contributed by atoms with Crippen LogP contribution in [0.25, 0.3) is 0 Å². The molecule has 2 rings (SSSR count). The molecule has 1 aliphatic rings. The number of hydrogen-bond acceptors (Lipinski definition) is 5. The first-order valence-corrected chi connectivity index (χ1v) is 8.63. The molecule has 0 unspecified atom stereocenters. The highest BCUT2D eigenvalue weighted by atomic mass is 32.2. The van der Waals surface area contributed by atoms with Crippen LogP contribution in [0.1, 0.15) is 48.4 Å². The van der Waals surface area contributed by atoms with Crippen molar-refractivity contribution in [1.29, 1.82) is 0 Å². The van der Waals surface area contributed by atoms with Gasteiger partial charge >= 0.3 is 0 Å². The van der Waals surface area contributed by atoms with Gasteiger partial charge in [-0.2, -0.15) is 0 Å². The van der Waals surface area contributed by atoms with Crippen LogP contribution in [0.5, 0.6) is 0 Å². The smallest absolute Gasteiger partial charge is 0.201 e. The quantitative estimate of drug-likeness (QED) is 0.844. The summed E-state index contributed by atoms with van der Waals surface area (Å²) in [4.78, 5) is 26.6. The Bertz CT molecular complexity index is 633. The molecule has 0 heterocycles. The van der Waals surface area contributed by atoms with E-state index in [2.05, 4.69) is 0 Å². The van der Waals surface area contributed by atoms with Crippen molar-refractivity contribution in [3.05, 3.63) is 39.1 Å². The van der Waals surface area contributed by atoms with Crippen molar-refractivity contribution >= 4 is 40.8 Å². The van der Waals surface area contributed by atoms with Crippen LogP contribution in [-0.4, -0.2) is 22.1 Å². The first-order chi connectivity index (χ1) is 9.81. The third-order valence-electron chi connectivity index (χ3n) is 2.86. The number of nitrogens with two attached hydrogens (primary N) is 1. The molecule has 1 aromatic carbocycles. The number of thioether (sulfide) groups is 2. The molecule has 5 heteroatoms. The topological polar surface area (TPSA) is 60.2 Å². The first kappa shape index (κ1) is 16.2. The van der Waals surface area contributed by atoms with E-state index in [0.29, 0.717) is 26.6 Å². The van der Waals surface area contributed by atoms with Crippen molar-refractivity contribution < 1.29 is 9.59 Å². The van der Waals surface area contributed by atoms with Crippen LogP contribution in [-0.2, 0) is 0 Å². The predicted octanol–water partition coefficient (Wildman–Crippen LogP) is 4.14. The molecular weight excluding hydrogens is 302 g/mol. The second-order valence-corrected chi connectivity index (χ2v) is 8.63. The highest BCUT2D eigenvalue weighted by Crippen LogP contribution is 2.41. The van der Waals surface area contributed by atoms with E-state index in [0.717, 1.165) is 0 Å². The fourth-order valence-corrected chi connectivity index (χ4v) is 4.15. The molecule has 0 aromatic heterocycles. The second kappa shape index (κ2) is 6.28. The molecule has 112 valence electrons. The van der Waals surface area contributed by atoms with E-state index in [1.54, 1.807) is 18.2 Å². The highest BCUT2D eigenvalue weighted by Gasteiger charge is 2.33. The number of nitrogen functional groups attached to an aromatic ring is 1. The summed E-state index contributed by atoms with van der Waals surface area (Å²) in [5.41, 5.74) is 7.15. The maximum atomic E-state index is 12.7. The van der Waals surface area contributed by atoms with E-state index in [-0.39, 0.29) is 22.1 Å². The number of benzene rings is 1. The van der Waals surface area contributed by atoms with E-state index in [1.165, 1.54) is 23.5 Å². The second-order valence-electron chi connectivity index (χ2n) is 5.45. The minimum atomic E-state index is -0.0845. The lowest BCUT2D eigenvalue weighted by molar-refractivity contribution is 0.0988. The van der Waals surface area contributed by atoms with Crippen LogP contribution in [0, 0.1) is 0 Å². The normalized spacial score (nSPS) is 15.1. The SMILES string of the molecule is CC(C)SC1=C(SC(C)C)C(=O)c2cc(N)ccc2C1=O. The van der Waals surface area contributed by atoms with Gasteiger partial charge in [0.05, 0.1) is 9.81 Å². The average molecular weight is 321 g/mol. The van der Waals surface area contributed by atoms with Gasteiger partial charge in [-0.05, 0) is 18.2 Å². The van der Waals surface area contributed by atoms with E-state index >= 15 is 0 Å². The summed E-state index contributed by atoms with van der Waals surface area (Å²) >= 11 is 2.92. The number of carbonyl (C=O) groups is 2. The van der Waals surface area contributed by atoms with Gasteiger partial charge in [-0.3, -0.25) is 9.59 Å². The molecule has 0 amide bonds. The Morgan fingerprint density at radius 1 is 0.857 bits per heavy atom. The van der Waals surface area contributed by atoms with Crippen molar-refractivity contribution in [2.75, 3.05) is 5.73 Å². The maximum Gasteiger partial charge on any atom is 0.201 e. The minimum Gasteiger partial charge on any atom is -0.399 e. The largest absolute Gasteiger partial charge is 0.399 e. The first-order valence-electron chi connectivity index (χ1n) is 6.87. The molecule has 3 nitrogen and oxygen atoms in total. The summed E-state index contributed by atoms with van der Waals surface area (Å²) < 4.78 is 0. The van der Waals surface area contributed by atoms with Crippen molar-refractivity contribution in [2.45, 2.75) is 38.2 Å². The van der Waals surface area contributed by atoms with Crippen LogP contribution >= 0.6 is 23.5 Å². The Labute approximate surface area is 133 Å². The molecule has 0 aliphatic heterocycles. The number of anilines is 1. The fraction of sp³-hybridized carbons (Fsp3) is 0.375. The Morgan fingerprint density at radius 3 is 1.81 bits per heavy atom. The number of rotatable bonds is 4. The number of allylic oxidation sites excluding steroid dienone is 2. The van der Waals surface area contributed by atoms with E-state index in [9.17, 15) is 9.59 Å². The van der Waals surface area contributed by atoms with Gasteiger partial charge in [-0.25, -0.2) is 0 Å². The number of ketones is 2. The zero-order valence-electron chi connectivity index (χ0n) is 12.6. The van der Waals surface area contributed by atoms with Crippen molar-refractivity contribution in [1.82, 2.24) is 0 Å². The van der Waals surface area contributed by atoms with Crippen LogP contribution < -0.4 is 5.73 Å². The van der Waals surface area contributed by atoms with Gasteiger partial charge in [0.25, 0.3) is 0 Å². The summed E-state index contributed by atoms with van der Waals surface area (Å²) in [6.45, 7) is 8.07. The lowest BCUT2D eigenvalue weighted by atomic mass is 9.94. The zero-order chi connectivity index (χ0) is 15.7. The molecule has 0 atom stereocenters. The van der Waals surface area contributed by atoms with Gasteiger partial charge in [-0.15, -0.1) is 23.5 Å². The summed E-state index contributed by atoms with van der Waals surface area (Å²) in [7, 11) is 0. The minimum absolute atomic E-state index is 0.0635. The molecule has 1 aromatic rings. The number of Topliss-reactive ketones (excluding diaryl/α,β-unsaturated/α-hetero) is 2. The summed E-state index contributed by atoms with van der Waals surface area (Å²) in [6.07, 6.45) is 0. The van der Waals surface area contributed by atoms with Crippen molar-refractivity contribution in [2.24, 2.45) is 0 Å². The Balaban J connectivity index is 2.58. The molecule has 21 heavy (non-hydrogen) atoms. The molecule has 0 radical (unpaired) electrons. The fourth-order valence-electron chi connectivity index (χ4n) is 2.08. The number of hydrogen-bond donors (Lipinski definition) is 1.